The summed E-state index contributed by atoms with van der Waals surface area (Å²) in [6.07, 6.45) is 0.999. The molecule has 1 N–H and O–H groups in total. The molecule has 2 rings (SSSR count). The fourth-order valence-electron chi connectivity index (χ4n) is 2.70. The van der Waals surface area contributed by atoms with Crippen LogP contribution in [0, 0.1) is 5.82 Å². The molecule has 134 valence electrons. The Morgan fingerprint density at radius 1 is 1.24 bits per heavy atom. The average molecular weight is 363 g/mol. The smallest absolute Gasteiger partial charge is 0.238 e. The highest BCUT2D eigenvalue weighted by Crippen LogP contribution is 2.26. The Morgan fingerprint density at radius 2 is 1.96 bits per heavy atom. The molecule has 0 aliphatic carbocycles. The minimum Gasteiger partial charge on any atom is -0.325 e. The molecule has 5 heteroatoms. The summed E-state index contributed by atoms with van der Waals surface area (Å²) in [4.78, 5) is 14.1. The molecule has 0 aromatic heterocycles. The SMILES string of the molecule is CC[C@H](C)c1ccccc1NC(=O)CN(C)Cc1c(F)cccc1Cl. The molecule has 0 radical (unpaired) electrons. The number of rotatable bonds is 7. The van der Waals surface area contributed by atoms with E-state index >= 15 is 0 Å². The molecule has 0 aliphatic heterocycles. The lowest BCUT2D eigenvalue weighted by Gasteiger charge is -2.19. The molecular weight excluding hydrogens is 339 g/mol. The lowest BCUT2D eigenvalue weighted by atomic mass is 9.97. The van der Waals surface area contributed by atoms with Gasteiger partial charge in [-0.15, -0.1) is 0 Å². The van der Waals surface area contributed by atoms with Crippen molar-refractivity contribution in [1.29, 1.82) is 0 Å². The van der Waals surface area contributed by atoms with Crippen LogP contribution in [-0.4, -0.2) is 24.4 Å². The van der Waals surface area contributed by atoms with Crippen LogP contribution in [0.3, 0.4) is 0 Å². The number of likely N-dealkylation sites (N-methyl/N-ethyl adjacent to an activating group) is 1. The summed E-state index contributed by atoms with van der Waals surface area (Å²) in [5.41, 5.74) is 2.36. The highest BCUT2D eigenvalue weighted by atomic mass is 35.5. The largest absolute Gasteiger partial charge is 0.325 e. The molecule has 2 aromatic carbocycles. The number of para-hydroxylation sites is 1. The summed E-state index contributed by atoms with van der Waals surface area (Å²) < 4.78 is 13.9. The van der Waals surface area contributed by atoms with Gasteiger partial charge in [-0.3, -0.25) is 9.69 Å². The molecule has 3 nitrogen and oxygen atoms in total. The lowest BCUT2D eigenvalue weighted by molar-refractivity contribution is -0.117. The summed E-state index contributed by atoms with van der Waals surface area (Å²) in [5.74, 6) is -0.126. The highest BCUT2D eigenvalue weighted by Gasteiger charge is 2.14. The van der Waals surface area contributed by atoms with Crippen LogP contribution in [0.4, 0.5) is 10.1 Å². The quantitative estimate of drug-likeness (QED) is 0.746. The van der Waals surface area contributed by atoms with E-state index in [0.717, 1.165) is 17.7 Å². The summed E-state index contributed by atoms with van der Waals surface area (Å²) in [6.45, 7) is 4.68. The van der Waals surface area contributed by atoms with Gasteiger partial charge < -0.3 is 5.32 Å². The van der Waals surface area contributed by atoms with Crippen molar-refractivity contribution in [2.75, 3.05) is 18.9 Å². The van der Waals surface area contributed by atoms with E-state index in [0.29, 0.717) is 16.5 Å². The Morgan fingerprint density at radius 3 is 2.64 bits per heavy atom. The Balaban J connectivity index is 2.01. The number of hydrogen-bond acceptors (Lipinski definition) is 2. The predicted octanol–water partition coefficient (Wildman–Crippen LogP) is 5.06. The van der Waals surface area contributed by atoms with Crippen molar-refractivity contribution in [2.45, 2.75) is 32.7 Å². The molecule has 2 aromatic rings. The van der Waals surface area contributed by atoms with Crippen molar-refractivity contribution in [3.8, 4) is 0 Å². The third kappa shape index (κ3) is 5.28. The van der Waals surface area contributed by atoms with Crippen LogP contribution in [0.1, 0.15) is 37.3 Å². The summed E-state index contributed by atoms with van der Waals surface area (Å²) in [7, 11) is 1.77. The molecule has 0 spiro atoms. The van der Waals surface area contributed by atoms with Crippen molar-refractivity contribution in [2.24, 2.45) is 0 Å². The third-order valence-corrected chi connectivity index (χ3v) is 4.64. The fourth-order valence-corrected chi connectivity index (χ4v) is 2.93. The number of amides is 1. The second kappa shape index (κ2) is 8.97. The van der Waals surface area contributed by atoms with Gasteiger partial charge >= 0.3 is 0 Å². The van der Waals surface area contributed by atoms with Gasteiger partial charge in [0.25, 0.3) is 0 Å². The van der Waals surface area contributed by atoms with Gasteiger partial charge in [0, 0.05) is 22.8 Å². The molecule has 1 atom stereocenters. The predicted molar refractivity (Wildman–Crippen MR) is 102 cm³/mol. The molecule has 1 amide bonds. The van der Waals surface area contributed by atoms with E-state index in [2.05, 4.69) is 19.2 Å². The maximum absolute atomic E-state index is 13.9. The molecule has 0 saturated carbocycles. The van der Waals surface area contributed by atoms with Gasteiger partial charge in [-0.2, -0.15) is 0 Å². The molecular formula is C20H24ClFN2O. The van der Waals surface area contributed by atoms with E-state index < -0.39 is 0 Å². The number of benzene rings is 2. The first kappa shape index (κ1) is 19.4. The zero-order valence-electron chi connectivity index (χ0n) is 14.9. The maximum Gasteiger partial charge on any atom is 0.238 e. The molecule has 0 bridgehead atoms. The van der Waals surface area contributed by atoms with Crippen molar-refractivity contribution >= 4 is 23.2 Å². The van der Waals surface area contributed by atoms with Crippen molar-refractivity contribution in [3.63, 3.8) is 0 Å². The molecule has 0 heterocycles. The van der Waals surface area contributed by atoms with E-state index in [1.54, 1.807) is 24.1 Å². The summed E-state index contributed by atoms with van der Waals surface area (Å²) >= 11 is 6.04. The second-order valence-corrected chi connectivity index (χ2v) is 6.72. The van der Waals surface area contributed by atoms with E-state index in [9.17, 15) is 9.18 Å². The molecule has 0 aliphatic rings. The van der Waals surface area contributed by atoms with Crippen LogP contribution in [0.5, 0.6) is 0 Å². The Bertz CT molecular complexity index is 715. The standard InChI is InChI=1S/C20H24ClFN2O/c1-4-14(2)15-8-5-6-11-19(15)23-20(25)13-24(3)12-16-17(21)9-7-10-18(16)22/h5-11,14H,4,12-13H2,1-3H3,(H,23,25)/t14-/m0/s1. The first-order chi connectivity index (χ1) is 11.9. The van der Waals surface area contributed by atoms with Gasteiger partial charge in [-0.25, -0.2) is 4.39 Å². The first-order valence-electron chi connectivity index (χ1n) is 8.42. The van der Waals surface area contributed by atoms with Crippen LogP contribution in [0.25, 0.3) is 0 Å². The van der Waals surface area contributed by atoms with E-state index in [4.69, 9.17) is 11.6 Å². The third-order valence-electron chi connectivity index (χ3n) is 4.28. The topological polar surface area (TPSA) is 32.3 Å². The van der Waals surface area contributed by atoms with Crippen LogP contribution in [-0.2, 0) is 11.3 Å². The summed E-state index contributed by atoms with van der Waals surface area (Å²) in [5, 5.41) is 3.33. The molecule has 0 saturated heterocycles. The van der Waals surface area contributed by atoms with Crippen LogP contribution < -0.4 is 5.32 Å². The molecule has 0 unspecified atom stereocenters. The Labute approximate surface area is 153 Å². The van der Waals surface area contributed by atoms with Gasteiger partial charge in [-0.05, 0) is 43.1 Å². The van der Waals surface area contributed by atoms with Gasteiger partial charge in [0.2, 0.25) is 5.91 Å². The fraction of sp³-hybridized carbons (Fsp3) is 0.350. The number of carbonyl (C=O) groups excluding carboxylic acids is 1. The number of nitrogens with one attached hydrogen (secondary N) is 1. The van der Waals surface area contributed by atoms with Crippen LogP contribution in [0.15, 0.2) is 42.5 Å². The minimum atomic E-state index is -0.359. The Kier molecular flexibility index (Phi) is 6.97. The molecule has 0 fully saturated rings. The van der Waals surface area contributed by atoms with Crippen LogP contribution >= 0.6 is 11.6 Å². The number of nitrogens with zero attached hydrogens (tertiary/aromatic N) is 1. The van der Waals surface area contributed by atoms with E-state index in [1.807, 2.05) is 24.3 Å². The van der Waals surface area contributed by atoms with Gasteiger partial charge in [0.15, 0.2) is 0 Å². The van der Waals surface area contributed by atoms with Crippen molar-refractivity contribution < 1.29 is 9.18 Å². The van der Waals surface area contributed by atoms with E-state index in [-0.39, 0.29) is 24.8 Å². The average Bonchev–Trinajstić information content (AvgIpc) is 2.58. The van der Waals surface area contributed by atoms with E-state index in [1.165, 1.54) is 6.07 Å². The Hall–Kier alpha value is -1.91. The lowest BCUT2D eigenvalue weighted by Crippen LogP contribution is -2.30. The number of halogens is 2. The highest BCUT2D eigenvalue weighted by molar-refractivity contribution is 6.31. The zero-order chi connectivity index (χ0) is 18.4. The number of anilines is 1. The van der Waals surface area contributed by atoms with Gasteiger partial charge in [0.05, 0.1) is 6.54 Å². The monoisotopic (exact) mass is 362 g/mol. The summed E-state index contributed by atoms with van der Waals surface area (Å²) in [6, 6.07) is 12.4. The van der Waals surface area contributed by atoms with Gasteiger partial charge in [0.1, 0.15) is 5.82 Å². The van der Waals surface area contributed by atoms with Crippen molar-refractivity contribution in [1.82, 2.24) is 4.90 Å². The normalized spacial score (nSPS) is 12.2. The number of hydrogen-bond donors (Lipinski definition) is 1. The molecule has 25 heavy (non-hydrogen) atoms. The van der Waals surface area contributed by atoms with Crippen LogP contribution in [0.2, 0.25) is 5.02 Å². The zero-order valence-corrected chi connectivity index (χ0v) is 15.6. The number of carbonyl (C=O) groups is 1. The van der Waals surface area contributed by atoms with Crippen molar-refractivity contribution in [3.05, 3.63) is 64.4 Å². The second-order valence-electron chi connectivity index (χ2n) is 6.32. The first-order valence-corrected chi connectivity index (χ1v) is 8.80. The maximum atomic E-state index is 13.9. The minimum absolute atomic E-state index is 0.134. The van der Waals surface area contributed by atoms with Gasteiger partial charge in [-0.1, -0.05) is 49.7 Å².